The van der Waals surface area contributed by atoms with E-state index >= 15 is 0 Å². The van der Waals surface area contributed by atoms with Crippen molar-refractivity contribution < 1.29 is 4.79 Å². The number of nitrogens with one attached hydrogen (secondary N) is 2. The van der Waals surface area contributed by atoms with Crippen LogP contribution >= 0.6 is 24.8 Å². The SMILES string of the molecule is CN1CCC(CNC(=O)c2ccc3c(c2)CCN3)C1.Cl.Cl. The highest BCUT2D eigenvalue weighted by Gasteiger charge is 2.20. The molecular weight excluding hydrogens is 309 g/mol. The molecule has 21 heavy (non-hydrogen) atoms. The van der Waals surface area contributed by atoms with E-state index in [2.05, 4.69) is 22.6 Å². The van der Waals surface area contributed by atoms with Crippen LogP contribution in [0.25, 0.3) is 0 Å². The highest BCUT2D eigenvalue weighted by atomic mass is 35.5. The van der Waals surface area contributed by atoms with Crippen LogP contribution in [0.3, 0.4) is 0 Å². The van der Waals surface area contributed by atoms with Crippen molar-refractivity contribution in [3.05, 3.63) is 29.3 Å². The van der Waals surface area contributed by atoms with Crippen LogP contribution in [0, 0.1) is 5.92 Å². The Morgan fingerprint density at radius 2 is 2.24 bits per heavy atom. The summed E-state index contributed by atoms with van der Waals surface area (Å²) in [5, 5.41) is 6.38. The summed E-state index contributed by atoms with van der Waals surface area (Å²) in [4.78, 5) is 14.5. The van der Waals surface area contributed by atoms with Gasteiger partial charge in [0.15, 0.2) is 0 Å². The number of nitrogens with zero attached hydrogens (tertiary/aromatic N) is 1. The molecule has 2 N–H and O–H groups in total. The smallest absolute Gasteiger partial charge is 0.251 e. The molecule has 1 atom stereocenters. The summed E-state index contributed by atoms with van der Waals surface area (Å²) in [5.41, 5.74) is 3.22. The maximum absolute atomic E-state index is 12.1. The maximum Gasteiger partial charge on any atom is 0.251 e. The van der Waals surface area contributed by atoms with Gasteiger partial charge in [-0.2, -0.15) is 0 Å². The average Bonchev–Trinajstić information content (AvgIpc) is 3.03. The minimum absolute atomic E-state index is 0. The van der Waals surface area contributed by atoms with Gasteiger partial charge in [0.2, 0.25) is 0 Å². The molecule has 0 aromatic heterocycles. The lowest BCUT2D eigenvalue weighted by Crippen LogP contribution is -2.30. The molecule has 1 aromatic rings. The van der Waals surface area contributed by atoms with Crippen LogP contribution in [0.5, 0.6) is 0 Å². The molecule has 6 heteroatoms. The summed E-state index contributed by atoms with van der Waals surface area (Å²) in [7, 11) is 2.13. The highest BCUT2D eigenvalue weighted by Crippen LogP contribution is 2.23. The molecule has 1 unspecified atom stereocenters. The van der Waals surface area contributed by atoms with E-state index < -0.39 is 0 Å². The van der Waals surface area contributed by atoms with Gasteiger partial charge in [-0.3, -0.25) is 4.79 Å². The number of amides is 1. The monoisotopic (exact) mass is 331 g/mol. The minimum atomic E-state index is 0. The fourth-order valence-corrected chi connectivity index (χ4v) is 2.98. The Balaban J connectivity index is 0.00000110. The lowest BCUT2D eigenvalue weighted by atomic mass is 10.1. The van der Waals surface area contributed by atoms with Gasteiger partial charge in [-0.05, 0) is 56.1 Å². The number of anilines is 1. The van der Waals surface area contributed by atoms with Crippen LogP contribution in [0.15, 0.2) is 18.2 Å². The number of carbonyl (C=O) groups is 1. The van der Waals surface area contributed by atoms with Crippen molar-refractivity contribution >= 4 is 36.4 Å². The predicted molar refractivity (Wildman–Crippen MR) is 91.1 cm³/mol. The molecule has 2 aliphatic heterocycles. The van der Waals surface area contributed by atoms with Crippen molar-refractivity contribution in [2.75, 3.05) is 38.5 Å². The number of halogens is 2. The van der Waals surface area contributed by atoms with Gasteiger partial charge in [0.1, 0.15) is 0 Å². The first kappa shape index (κ1) is 18.1. The quantitative estimate of drug-likeness (QED) is 0.892. The molecule has 2 heterocycles. The van der Waals surface area contributed by atoms with Crippen LogP contribution < -0.4 is 10.6 Å². The Labute approximate surface area is 138 Å². The molecule has 3 rings (SSSR count). The fraction of sp³-hybridized carbons (Fsp3) is 0.533. The largest absolute Gasteiger partial charge is 0.384 e. The Kier molecular flexibility index (Phi) is 6.78. The first-order valence-electron chi connectivity index (χ1n) is 7.06. The van der Waals surface area contributed by atoms with E-state index in [1.807, 2.05) is 18.2 Å². The fourth-order valence-electron chi connectivity index (χ4n) is 2.98. The predicted octanol–water partition coefficient (Wildman–Crippen LogP) is 2.18. The highest BCUT2D eigenvalue weighted by molar-refractivity contribution is 5.95. The normalized spacial score (nSPS) is 20.0. The molecule has 0 bridgehead atoms. The van der Waals surface area contributed by atoms with Crippen LogP contribution in [-0.2, 0) is 6.42 Å². The van der Waals surface area contributed by atoms with E-state index in [-0.39, 0.29) is 30.7 Å². The molecule has 1 fully saturated rings. The molecule has 2 aliphatic rings. The summed E-state index contributed by atoms with van der Waals surface area (Å²) < 4.78 is 0. The number of hydrogen-bond acceptors (Lipinski definition) is 3. The van der Waals surface area contributed by atoms with E-state index in [1.54, 1.807) is 0 Å². The van der Waals surface area contributed by atoms with Crippen molar-refractivity contribution in [2.24, 2.45) is 5.92 Å². The first-order chi connectivity index (χ1) is 9.22. The van der Waals surface area contributed by atoms with E-state index in [1.165, 1.54) is 17.7 Å². The molecule has 0 spiro atoms. The summed E-state index contributed by atoms with van der Waals surface area (Å²) in [6.07, 6.45) is 2.20. The van der Waals surface area contributed by atoms with E-state index in [9.17, 15) is 4.79 Å². The Morgan fingerprint density at radius 3 is 2.95 bits per heavy atom. The van der Waals surface area contributed by atoms with Gasteiger partial charge in [-0.1, -0.05) is 0 Å². The maximum atomic E-state index is 12.1. The number of rotatable bonds is 3. The van der Waals surface area contributed by atoms with Crippen molar-refractivity contribution in [2.45, 2.75) is 12.8 Å². The molecular formula is C15H23Cl2N3O. The van der Waals surface area contributed by atoms with E-state index in [0.29, 0.717) is 5.92 Å². The summed E-state index contributed by atoms with van der Waals surface area (Å²) in [6.45, 7) is 4.01. The van der Waals surface area contributed by atoms with Gasteiger partial charge in [0, 0.05) is 30.9 Å². The van der Waals surface area contributed by atoms with Crippen LogP contribution in [0.1, 0.15) is 22.3 Å². The molecule has 4 nitrogen and oxygen atoms in total. The van der Waals surface area contributed by atoms with Crippen LogP contribution in [0.2, 0.25) is 0 Å². The van der Waals surface area contributed by atoms with Crippen molar-refractivity contribution in [1.29, 1.82) is 0 Å². The zero-order valence-corrected chi connectivity index (χ0v) is 13.9. The molecule has 0 saturated carbocycles. The summed E-state index contributed by atoms with van der Waals surface area (Å²) >= 11 is 0. The number of likely N-dealkylation sites (tertiary alicyclic amines) is 1. The molecule has 118 valence electrons. The van der Waals surface area contributed by atoms with Gasteiger partial charge >= 0.3 is 0 Å². The Morgan fingerprint density at radius 1 is 1.43 bits per heavy atom. The third-order valence-electron chi connectivity index (χ3n) is 4.12. The average molecular weight is 332 g/mol. The third-order valence-corrected chi connectivity index (χ3v) is 4.12. The second kappa shape index (κ2) is 7.87. The number of carbonyl (C=O) groups excluding carboxylic acids is 1. The van der Waals surface area contributed by atoms with Crippen molar-refractivity contribution in [3.8, 4) is 0 Å². The van der Waals surface area contributed by atoms with Crippen molar-refractivity contribution in [3.63, 3.8) is 0 Å². The lowest BCUT2D eigenvalue weighted by Gasteiger charge is -2.12. The molecule has 1 amide bonds. The van der Waals surface area contributed by atoms with Crippen LogP contribution in [0.4, 0.5) is 5.69 Å². The van der Waals surface area contributed by atoms with Gasteiger partial charge in [0.25, 0.3) is 5.91 Å². The number of benzene rings is 1. The minimum Gasteiger partial charge on any atom is -0.384 e. The molecule has 0 radical (unpaired) electrons. The standard InChI is InChI=1S/C15H21N3O.2ClH/c1-18-7-5-11(10-18)9-17-15(19)13-2-3-14-12(8-13)4-6-16-14;;/h2-3,8,11,16H,4-7,9-10H2,1H3,(H,17,19);2*1H. The molecule has 0 aliphatic carbocycles. The zero-order valence-electron chi connectivity index (χ0n) is 12.2. The number of hydrogen-bond donors (Lipinski definition) is 2. The topological polar surface area (TPSA) is 44.4 Å². The second-order valence-electron chi connectivity index (χ2n) is 5.68. The van der Waals surface area contributed by atoms with Gasteiger partial charge < -0.3 is 15.5 Å². The van der Waals surface area contributed by atoms with E-state index in [4.69, 9.17) is 0 Å². The summed E-state index contributed by atoms with van der Waals surface area (Å²) in [5.74, 6) is 0.661. The molecule has 1 saturated heterocycles. The molecule has 1 aromatic carbocycles. The van der Waals surface area contributed by atoms with Gasteiger partial charge in [-0.25, -0.2) is 0 Å². The first-order valence-corrected chi connectivity index (χ1v) is 7.06. The third kappa shape index (κ3) is 4.25. The summed E-state index contributed by atoms with van der Waals surface area (Å²) in [6, 6.07) is 5.94. The Bertz CT molecular complexity index is 496. The van der Waals surface area contributed by atoms with Gasteiger partial charge in [-0.15, -0.1) is 24.8 Å². The second-order valence-corrected chi connectivity index (χ2v) is 5.68. The zero-order chi connectivity index (χ0) is 13.2. The van der Waals surface area contributed by atoms with Crippen LogP contribution in [-0.4, -0.2) is 44.0 Å². The Hall–Kier alpha value is -0.970. The van der Waals surface area contributed by atoms with E-state index in [0.717, 1.165) is 38.2 Å². The van der Waals surface area contributed by atoms with Crippen molar-refractivity contribution in [1.82, 2.24) is 10.2 Å². The number of fused-ring (bicyclic) bond motifs is 1. The van der Waals surface area contributed by atoms with Gasteiger partial charge in [0.05, 0.1) is 0 Å². The lowest BCUT2D eigenvalue weighted by molar-refractivity contribution is 0.0947.